The highest BCUT2D eigenvalue weighted by Gasteiger charge is 2.18. The van der Waals surface area contributed by atoms with Gasteiger partial charge in [0, 0.05) is 28.1 Å². The lowest BCUT2D eigenvalue weighted by atomic mass is 9.98. The van der Waals surface area contributed by atoms with Gasteiger partial charge in [0.15, 0.2) is 5.76 Å². The second kappa shape index (κ2) is 9.75. The van der Waals surface area contributed by atoms with Crippen LogP contribution < -0.4 is 10.3 Å². The van der Waals surface area contributed by atoms with Crippen LogP contribution in [0.1, 0.15) is 26.3 Å². The maximum absolute atomic E-state index is 13.5. The summed E-state index contributed by atoms with van der Waals surface area (Å²) in [4.78, 5) is 29.1. The zero-order chi connectivity index (χ0) is 27.0. The van der Waals surface area contributed by atoms with Crippen molar-refractivity contribution >= 4 is 45.4 Å². The van der Waals surface area contributed by atoms with Crippen molar-refractivity contribution in [2.75, 3.05) is 6.61 Å². The maximum Gasteiger partial charge on any atom is 0.282 e. The number of benzene rings is 3. The minimum absolute atomic E-state index is 0.132. The maximum atomic E-state index is 13.5. The number of halogens is 1. The number of para-hydroxylation sites is 1. The molecule has 0 amide bonds. The Morgan fingerprint density at radius 3 is 2.68 bits per heavy atom. The van der Waals surface area contributed by atoms with E-state index in [9.17, 15) is 14.9 Å². The molecule has 5 aromatic rings. The molecule has 0 fully saturated rings. The lowest BCUT2D eigenvalue weighted by Gasteiger charge is -2.19. The fraction of sp³-hybridized carbons (Fsp3) is 0.179. The number of aromatic nitrogens is 2. The number of nitro groups is 1. The molecule has 0 N–H and O–H groups in total. The lowest BCUT2D eigenvalue weighted by molar-refractivity contribution is -0.384. The summed E-state index contributed by atoms with van der Waals surface area (Å²) in [6.07, 6.45) is 1.35. The van der Waals surface area contributed by atoms with Crippen molar-refractivity contribution in [1.82, 2.24) is 9.66 Å². The molecule has 0 radical (unpaired) electrons. The summed E-state index contributed by atoms with van der Waals surface area (Å²) < 4.78 is 13.0. The van der Waals surface area contributed by atoms with E-state index in [1.165, 1.54) is 24.4 Å². The summed E-state index contributed by atoms with van der Waals surface area (Å²) in [6, 6.07) is 18.1. The molecule has 0 aliphatic heterocycles. The van der Waals surface area contributed by atoms with Gasteiger partial charge >= 0.3 is 0 Å². The molecule has 9 nitrogen and oxygen atoms in total. The first-order valence-electron chi connectivity index (χ1n) is 11.8. The highest BCUT2D eigenvalue weighted by Crippen LogP contribution is 2.30. The third-order valence-electron chi connectivity index (χ3n) is 5.63. The third-order valence-corrected chi connectivity index (χ3v) is 5.86. The fourth-order valence-corrected chi connectivity index (χ4v) is 3.99. The van der Waals surface area contributed by atoms with Crippen LogP contribution in [0.3, 0.4) is 0 Å². The molecule has 0 unspecified atom stereocenters. The predicted octanol–water partition coefficient (Wildman–Crippen LogP) is 6.68. The van der Waals surface area contributed by atoms with E-state index in [0.717, 1.165) is 10.1 Å². The Morgan fingerprint density at radius 1 is 1.13 bits per heavy atom. The van der Waals surface area contributed by atoms with Gasteiger partial charge in [-0.25, -0.2) is 4.98 Å². The highest BCUT2D eigenvalue weighted by atomic mass is 35.5. The summed E-state index contributed by atoms with van der Waals surface area (Å²) >= 11 is 6.13. The van der Waals surface area contributed by atoms with Crippen LogP contribution in [0.2, 0.25) is 5.02 Å². The monoisotopic (exact) mass is 530 g/mol. The molecular formula is C28H23ClN4O5. The van der Waals surface area contributed by atoms with E-state index < -0.39 is 10.5 Å². The Bertz CT molecular complexity index is 1780. The van der Waals surface area contributed by atoms with Crippen molar-refractivity contribution in [3.8, 4) is 17.3 Å². The Labute approximate surface area is 222 Å². The molecule has 3 aromatic carbocycles. The van der Waals surface area contributed by atoms with E-state index in [2.05, 4.69) is 10.1 Å². The van der Waals surface area contributed by atoms with E-state index >= 15 is 0 Å². The minimum atomic E-state index is -0.500. The van der Waals surface area contributed by atoms with E-state index in [1.54, 1.807) is 48.5 Å². The Kier molecular flexibility index (Phi) is 6.46. The smallest absolute Gasteiger partial charge is 0.282 e. The first-order valence-corrected chi connectivity index (χ1v) is 12.1. The number of hydrogen-bond acceptors (Lipinski definition) is 7. The van der Waals surface area contributed by atoms with Crippen LogP contribution in [0.25, 0.3) is 33.5 Å². The van der Waals surface area contributed by atoms with Crippen molar-refractivity contribution in [2.45, 2.75) is 20.8 Å². The zero-order valence-electron chi connectivity index (χ0n) is 20.8. The minimum Gasteiger partial charge on any atom is -0.492 e. The van der Waals surface area contributed by atoms with Gasteiger partial charge < -0.3 is 9.15 Å². The molecule has 0 bridgehead atoms. The molecule has 2 aromatic heterocycles. The second-order valence-electron chi connectivity index (χ2n) is 9.94. The van der Waals surface area contributed by atoms with Crippen molar-refractivity contribution in [1.29, 1.82) is 0 Å². The summed E-state index contributed by atoms with van der Waals surface area (Å²) in [5, 5.41) is 17.5. The number of nitrogens with zero attached hydrogens (tertiary/aromatic N) is 4. The summed E-state index contributed by atoms with van der Waals surface area (Å²) in [6.45, 7) is 6.41. The SMILES string of the molecule is CC(C)(C)COc1ccc([N+](=O)[O-])cc1C=Nn1c(-c2cc3cc(Cl)ccc3o2)nc2ccccc2c1=O. The van der Waals surface area contributed by atoms with Crippen LogP contribution in [-0.2, 0) is 0 Å². The predicted molar refractivity (Wildman–Crippen MR) is 147 cm³/mol. The van der Waals surface area contributed by atoms with Crippen LogP contribution in [0, 0.1) is 15.5 Å². The first kappa shape index (κ1) is 25.2. The molecule has 38 heavy (non-hydrogen) atoms. The Balaban J connectivity index is 1.68. The summed E-state index contributed by atoms with van der Waals surface area (Å²) in [5.41, 5.74) is 0.676. The van der Waals surface area contributed by atoms with E-state index in [-0.39, 0.29) is 16.9 Å². The molecular weight excluding hydrogens is 508 g/mol. The quantitative estimate of drug-likeness (QED) is 0.137. The van der Waals surface area contributed by atoms with Crippen LogP contribution in [0.4, 0.5) is 5.69 Å². The first-order chi connectivity index (χ1) is 18.1. The molecule has 0 aliphatic carbocycles. The van der Waals surface area contributed by atoms with Crippen LogP contribution >= 0.6 is 11.6 Å². The van der Waals surface area contributed by atoms with Crippen LogP contribution in [0.15, 0.2) is 81.0 Å². The van der Waals surface area contributed by atoms with Crippen LogP contribution in [-0.4, -0.2) is 27.4 Å². The molecule has 192 valence electrons. The third kappa shape index (κ3) is 5.14. The van der Waals surface area contributed by atoms with Crippen LogP contribution in [0.5, 0.6) is 5.75 Å². The number of non-ortho nitro benzene ring substituents is 1. The zero-order valence-corrected chi connectivity index (χ0v) is 21.6. The molecule has 10 heteroatoms. The van der Waals surface area contributed by atoms with Gasteiger partial charge in [-0.05, 0) is 47.9 Å². The highest BCUT2D eigenvalue weighted by molar-refractivity contribution is 6.31. The van der Waals surface area contributed by atoms with E-state index in [1.807, 2.05) is 20.8 Å². The van der Waals surface area contributed by atoms with Crippen molar-refractivity contribution in [3.63, 3.8) is 0 Å². The molecule has 5 rings (SSSR count). The van der Waals surface area contributed by atoms with E-state index in [0.29, 0.717) is 45.2 Å². The van der Waals surface area contributed by atoms with E-state index in [4.69, 9.17) is 20.8 Å². The number of rotatable bonds is 6. The van der Waals surface area contributed by atoms with Crippen molar-refractivity contribution in [2.24, 2.45) is 10.5 Å². The number of hydrogen-bond donors (Lipinski definition) is 0. The normalized spacial score (nSPS) is 12.0. The lowest BCUT2D eigenvalue weighted by Crippen LogP contribution is -2.20. The summed E-state index contributed by atoms with van der Waals surface area (Å²) in [5.74, 6) is 0.876. The topological polar surface area (TPSA) is 113 Å². The number of nitro benzene ring substituents is 1. The van der Waals surface area contributed by atoms with Crippen molar-refractivity contribution < 1.29 is 14.1 Å². The molecule has 2 heterocycles. The van der Waals surface area contributed by atoms with Gasteiger partial charge in [-0.3, -0.25) is 14.9 Å². The molecule has 0 aliphatic rings. The number of furan rings is 1. The molecule has 0 spiro atoms. The second-order valence-corrected chi connectivity index (χ2v) is 10.4. The van der Waals surface area contributed by atoms with Gasteiger partial charge in [0.1, 0.15) is 11.3 Å². The Morgan fingerprint density at radius 2 is 1.92 bits per heavy atom. The number of fused-ring (bicyclic) bond motifs is 2. The van der Waals surface area contributed by atoms with Crippen molar-refractivity contribution in [3.05, 3.63) is 97.8 Å². The fourth-order valence-electron chi connectivity index (χ4n) is 3.81. The average molecular weight is 531 g/mol. The molecule has 0 saturated carbocycles. The number of ether oxygens (including phenoxy) is 1. The van der Waals surface area contributed by atoms with Gasteiger partial charge in [0.25, 0.3) is 11.2 Å². The molecule has 0 atom stereocenters. The average Bonchev–Trinajstić information content (AvgIpc) is 3.29. The van der Waals surface area contributed by atoms with Gasteiger partial charge in [-0.1, -0.05) is 44.5 Å². The molecule has 0 saturated heterocycles. The van der Waals surface area contributed by atoms with Gasteiger partial charge in [0.2, 0.25) is 5.82 Å². The van der Waals surface area contributed by atoms with Gasteiger partial charge in [-0.2, -0.15) is 9.78 Å². The summed E-state index contributed by atoms with van der Waals surface area (Å²) in [7, 11) is 0. The standard InChI is InChI=1S/C28H23ClN4O5/c1-28(2,3)16-37-23-11-9-20(33(35)36)13-18(23)15-30-32-26(31-22-7-5-4-6-21(22)27(32)34)25-14-17-12-19(29)8-10-24(17)38-25/h4-15H,16H2,1-3H3. The Hall–Kier alpha value is -4.50. The van der Waals surface area contributed by atoms with Gasteiger partial charge in [-0.15, -0.1) is 0 Å². The van der Waals surface area contributed by atoms with Gasteiger partial charge in [0.05, 0.1) is 28.6 Å². The largest absolute Gasteiger partial charge is 0.492 e.